The maximum absolute atomic E-state index is 12.6. The molecule has 0 saturated heterocycles. The third kappa shape index (κ3) is 4.80. The highest BCUT2D eigenvalue weighted by atomic mass is 79.9. The predicted octanol–water partition coefficient (Wildman–Crippen LogP) is 5.21. The van der Waals surface area contributed by atoms with E-state index in [4.69, 9.17) is 0 Å². The molecule has 0 bridgehead atoms. The molecule has 0 heterocycles. The van der Waals surface area contributed by atoms with E-state index in [1.165, 1.54) is 5.56 Å². The zero-order valence-electron chi connectivity index (χ0n) is 14.1. The molecule has 1 amide bonds. The van der Waals surface area contributed by atoms with Gasteiger partial charge in [0, 0.05) is 4.47 Å². The number of nitrogens with one attached hydrogen (secondary N) is 1. The summed E-state index contributed by atoms with van der Waals surface area (Å²) in [7, 11) is 0. The maximum atomic E-state index is 12.6. The van der Waals surface area contributed by atoms with Crippen molar-refractivity contribution in [2.24, 2.45) is 0 Å². The molecule has 3 aromatic carbocycles. The molecule has 0 aliphatic carbocycles. The molecule has 2 nitrogen and oxygen atoms in total. The minimum absolute atomic E-state index is 0.00783. The van der Waals surface area contributed by atoms with Crippen LogP contribution in [0.5, 0.6) is 0 Å². The molecule has 0 fully saturated rings. The standard InChI is InChI=1S/C22H20BrNO/c1-16-7-5-11-19(13-16)22(18-9-3-2-4-10-18)24-21(25)15-17-8-6-12-20(23)14-17/h2-14,22H,15H2,1H3,(H,24,25)/t22-/m0/s1. The number of hydrogen-bond acceptors (Lipinski definition) is 1. The molecule has 3 rings (SSSR count). The summed E-state index contributed by atoms with van der Waals surface area (Å²) in [6, 6.07) is 26.1. The second-order valence-corrected chi connectivity index (χ2v) is 7.05. The number of carbonyl (C=O) groups excluding carboxylic acids is 1. The van der Waals surface area contributed by atoms with Gasteiger partial charge in [-0.1, -0.05) is 88.2 Å². The normalized spacial score (nSPS) is 11.8. The molecule has 0 spiro atoms. The number of aryl methyl sites for hydroxylation is 1. The smallest absolute Gasteiger partial charge is 0.225 e. The fraction of sp³-hybridized carbons (Fsp3) is 0.136. The van der Waals surface area contributed by atoms with Crippen LogP contribution in [0.25, 0.3) is 0 Å². The molecule has 3 heteroatoms. The van der Waals surface area contributed by atoms with Crippen LogP contribution in [-0.2, 0) is 11.2 Å². The van der Waals surface area contributed by atoms with E-state index in [0.29, 0.717) is 6.42 Å². The van der Waals surface area contributed by atoms with Crippen molar-refractivity contribution in [1.29, 1.82) is 0 Å². The van der Waals surface area contributed by atoms with Gasteiger partial charge in [-0.05, 0) is 35.7 Å². The van der Waals surface area contributed by atoms with Gasteiger partial charge in [-0.25, -0.2) is 0 Å². The van der Waals surface area contributed by atoms with Crippen molar-refractivity contribution < 1.29 is 4.79 Å². The van der Waals surface area contributed by atoms with Gasteiger partial charge in [-0.2, -0.15) is 0 Å². The van der Waals surface area contributed by atoms with Crippen LogP contribution in [-0.4, -0.2) is 5.91 Å². The van der Waals surface area contributed by atoms with Gasteiger partial charge in [0.25, 0.3) is 0 Å². The van der Waals surface area contributed by atoms with Crippen molar-refractivity contribution in [3.63, 3.8) is 0 Å². The first-order chi connectivity index (χ1) is 12.1. The van der Waals surface area contributed by atoms with Crippen molar-refractivity contribution in [3.8, 4) is 0 Å². The van der Waals surface area contributed by atoms with E-state index in [2.05, 4.69) is 46.4 Å². The fourth-order valence-electron chi connectivity index (χ4n) is 2.90. The molecular weight excluding hydrogens is 374 g/mol. The van der Waals surface area contributed by atoms with Gasteiger partial charge in [-0.15, -0.1) is 0 Å². The van der Waals surface area contributed by atoms with E-state index in [1.54, 1.807) is 0 Å². The number of amides is 1. The van der Waals surface area contributed by atoms with E-state index in [-0.39, 0.29) is 11.9 Å². The number of hydrogen-bond donors (Lipinski definition) is 1. The third-order valence-corrected chi connectivity index (χ3v) is 4.56. The van der Waals surface area contributed by atoms with Crippen LogP contribution in [0, 0.1) is 6.92 Å². The number of benzene rings is 3. The minimum atomic E-state index is -0.152. The molecule has 1 atom stereocenters. The first-order valence-electron chi connectivity index (χ1n) is 8.27. The van der Waals surface area contributed by atoms with E-state index in [0.717, 1.165) is 21.2 Å². The van der Waals surface area contributed by atoms with Crippen LogP contribution in [0.2, 0.25) is 0 Å². The lowest BCUT2D eigenvalue weighted by atomic mass is 9.97. The van der Waals surface area contributed by atoms with Gasteiger partial charge < -0.3 is 5.32 Å². The topological polar surface area (TPSA) is 29.1 Å². The predicted molar refractivity (Wildman–Crippen MR) is 105 cm³/mol. The van der Waals surface area contributed by atoms with Crippen LogP contribution >= 0.6 is 15.9 Å². The van der Waals surface area contributed by atoms with Gasteiger partial charge in [0.1, 0.15) is 0 Å². The summed E-state index contributed by atoms with van der Waals surface area (Å²) in [5.74, 6) is 0.00783. The highest BCUT2D eigenvalue weighted by molar-refractivity contribution is 9.10. The molecule has 0 aromatic heterocycles. The Kier molecular flexibility index (Phi) is 5.67. The van der Waals surface area contributed by atoms with E-state index < -0.39 is 0 Å². The summed E-state index contributed by atoms with van der Waals surface area (Å²) in [6.07, 6.45) is 0.356. The summed E-state index contributed by atoms with van der Waals surface area (Å²) in [5, 5.41) is 3.19. The second kappa shape index (κ2) is 8.13. The SMILES string of the molecule is Cc1cccc([C@@H](NC(=O)Cc2cccc(Br)c2)c2ccccc2)c1. The zero-order chi connectivity index (χ0) is 17.6. The van der Waals surface area contributed by atoms with Crippen LogP contribution in [0.15, 0.2) is 83.3 Å². The molecule has 0 aliphatic heterocycles. The quantitative estimate of drug-likeness (QED) is 0.633. The summed E-state index contributed by atoms with van der Waals surface area (Å²) in [4.78, 5) is 12.6. The Hall–Kier alpha value is -2.39. The van der Waals surface area contributed by atoms with E-state index in [9.17, 15) is 4.79 Å². The van der Waals surface area contributed by atoms with Crippen LogP contribution in [0.3, 0.4) is 0 Å². The van der Waals surface area contributed by atoms with Crippen molar-refractivity contribution in [2.75, 3.05) is 0 Å². The average molecular weight is 394 g/mol. The Morgan fingerprint density at radius 1 is 0.920 bits per heavy atom. The Morgan fingerprint density at radius 2 is 1.64 bits per heavy atom. The monoisotopic (exact) mass is 393 g/mol. The molecular formula is C22H20BrNO. The minimum Gasteiger partial charge on any atom is -0.345 e. The summed E-state index contributed by atoms with van der Waals surface area (Å²) in [5.41, 5.74) is 4.34. The molecule has 25 heavy (non-hydrogen) atoms. The molecule has 0 aliphatic rings. The number of carbonyl (C=O) groups is 1. The molecule has 126 valence electrons. The highest BCUT2D eigenvalue weighted by Crippen LogP contribution is 2.23. The van der Waals surface area contributed by atoms with E-state index in [1.807, 2.05) is 60.7 Å². The van der Waals surface area contributed by atoms with Crippen LogP contribution in [0.4, 0.5) is 0 Å². The average Bonchev–Trinajstić information content (AvgIpc) is 2.60. The first kappa shape index (κ1) is 17.4. The molecule has 0 saturated carbocycles. The Morgan fingerprint density at radius 3 is 2.36 bits per heavy atom. The Balaban J connectivity index is 1.84. The Labute approximate surface area is 157 Å². The molecule has 3 aromatic rings. The van der Waals surface area contributed by atoms with Crippen LogP contribution in [0.1, 0.15) is 28.3 Å². The maximum Gasteiger partial charge on any atom is 0.225 e. The number of rotatable bonds is 5. The van der Waals surface area contributed by atoms with Crippen molar-refractivity contribution in [1.82, 2.24) is 5.32 Å². The summed E-state index contributed by atoms with van der Waals surface area (Å²) >= 11 is 3.45. The summed E-state index contributed by atoms with van der Waals surface area (Å²) < 4.78 is 0.982. The third-order valence-electron chi connectivity index (χ3n) is 4.07. The van der Waals surface area contributed by atoms with Crippen molar-refractivity contribution in [3.05, 3.63) is 106 Å². The molecule has 0 radical (unpaired) electrons. The second-order valence-electron chi connectivity index (χ2n) is 6.13. The Bertz CT molecular complexity index is 861. The van der Waals surface area contributed by atoms with Gasteiger partial charge in [0.2, 0.25) is 5.91 Å². The van der Waals surface area contributed by atoms with E-state index >= 15 is 0 Å². The van der Waals surface area contributed by atoms with Gasteiger partial charge >= 0.3 is 0 Å². The lowest BCUT2D eigenvalue weighted by Crippen LogP contribution is -2.30. The largest absolute Gasteiger partial charge is 0.345 e. The zero-order valence-corrected chi connectivity index (χ0v) is 15.7. The lowest BCUT2D eigenvalue weighted by molar-refractivity contribution is -0.120. The lowest BCUT2D eigenvalue weighted by Gasteiger charge is -2.20. The highest BCUT2D eigenvalue weighted by Gasteiger charge is 2.17. The van der Waals surface area contributed by atoms with Crippen LogP contribution < -0.4 is 5.32 Å². The fourth-order valence-corrected chi connectivity index (χ4v) is 3.35. The van der Waals surface area contributed by atoms with Gasteiger partial charge in [0.05, 0.1) is 12.5 Å². The van der Waals surface area contributed by atoms with Gasteiger partial charge in [0.15, 0.2) is 0 Å². The van der Waals surface area contributed by atoms with Crippen molar-refractivity contribution >= 4 is 21.8 Å². The number of halogens is 1. The molecule has 1 N–H and O–H groups in total. The van der Waals surface area contributed by atoms with Gasteiger partial charge in [-0.3, -0.25) is 4.79 Å². The molecule has 0 unspecified atom stereocenters. The van der Waals surface area contributed by atoms with Crippen molar-refractivity contribution in [2.45, 2.75) is 19.4 Å². The summed E-state index contributed by atoms with van der Waals surface area (Å²) in [6.45, 7) is 2.06. The first-order valence-corrected chi connectivity index (χ1v) is 9.06.